The lowest BCUT2D eigenvalue weighted by molar-refractivity contribution is -0.121. The highest BCUT2D eigenvalue weighted by Gasteiger charge is 2.36. The van der Waals surface area contributed by atoms with Gasteiger partial charge in [0.2, 0.25) is 5.91 Å². The Morgan fingerprint density at radius 1 is 1.12 bits per heavy atom. The van der Waals surface area contributed by atoms with Crippen molar-refractivity contribution in [2.75, 3.05) is 6.54 Å². The number of nitrogens with zero attached hydrogens (tertiary/aromatic N) is 2. The molecule has 24 heavy (non-hydrogen) atoms. The van der Waals surface area contributed by atoms with Crippen molar-refractivity contribution >= 4 is 29.3 Å². The molecule has 0 fully saturated rings. The lowest BCUT2D eigenvalue weighted by Crippen LogP contribution is -2.34. The van der Waals surface area contributed by atoms with Gasteiger partial charge in [-0.2, -0.15) is 0 Å². The van der Waals surface area contributed by atoms with Crippen LogP contribution in [0.15, 0.2) is 42.6 Å². The molecule has 0 atom stereocenters. The maximum atomic E-state index is 12.3. The highest BCUT2D eigenvalue weighted by molar-refractivity contribution is 6.37. The molecule has 0 aliphatic carbocycles. The van der Waals surface area contributed by atoms with Gasteiger partial charge in [-0.3, -0.25) is 24.3 Å². The number of fused-ring (bicyclic) bond motifs is 1. The van der Waals surface area contributed by atoms with Gasteiger partial charge < -0.3 is 5.32 Å². The molecule has 0 bridgehead atoms. The molecule has 0 saturated carbocycles. The molecule has 1 aromatic heterocycles. The van der Waals surface area contributed by atoms with E-state index in [0.29, 0.717) is 6.54 Å². The van der Waals surface area contributed by atoms with Crippen LogP contribution < -0.4 is 5.32 Å². The largest absolute Gasteiger partial charge is 0.350 e. The highest BCUT2D eigenvalue weighted by Crippen LogP contribution is 2.28. The summed E-state index contributed by atoms with van der Waals surface area (Å²) in [4.78, 5) is 41.6. The summed E-state index contributed by atoms with van der Waals surface area (Å²) >= 11 is 5.99. The molecule has 122 valence electrons. The number of carbonyl (C=O) groups is 3. The van der Waals surface area contributed by atoms with Crippen LogP contribution in [0.25, 0.3) is 0 Å². The van der Waals surface area contributed by atoms with E-state index in [1.54, 1.807) is 36.5 Å². The minimum Gasteiger partial charge on any atom is -0.350 e. The number of amides is 3. The predicted octanol–water partition coefficient (Wildman–Crippen LogP) is 2.04. The molecule has 0 radical (unpaired) electrons. The molecule has 1 aliphatic rings. The molecule has 1 N–H and O–H groups in total. The van der Waals surface area contributed by atoms with Crippen LogP contribution in [-0.2, 0) is 11.3 Å². The molecule has 0 spiro atoms. The van der Waals surface area contributed by atoms with Gasteiger partial charge in [-0.25, -0.2) is 0 Å². The monoisotopic (exact) mass is 343 g/mol. The third kappa shape index (κ3) is 3.14. The number of aromatic nitrogens is 1. The van der Waals surface area contributed by atoms with Crippen LogP contribution >= 0.6 is 11.6 Å². The summed E-state index contributed by atoms with van der Waals surface area (Å²) in [5, 5.41) is 2.95. The van der Waals surface area contributed by atoms with Gasteiger partial charge in [-0.15, -0.1) is 0 Å². The summed E-state index contributed by atoms with van der Waals surface area (Å²) in [6.45, 7) is 0.310. The summed E-state index contributed by atoms with van der Waals surface area (Å²) in [5.74, 6) is -1.14. The zero-order chi connectivity index (χ0) is 17.1. The van der Waals surface area contributed by atoms with Crippen molar-refractivity contribution in [2.24, 2.45) is 0 Å². The van der Waals surface area contributed by atoms with Crippen LogP contribution in [0.5, 0.6) is 0 Å². The average molecular weight is 344 g/mol. The summed E-state index contributed by atoms with van der Waals surface area (Å²) in [6.07, 6.45) is 1.67. The maximum Gasteiger partial charge on any atom is 0.263 e. The number of carbonyl (C=O) groups excluding carboxylic acids is 3. The fourth-order valence-electron chi connectivity index (χ4n) is 2.49. The van der Waals surface area contributed by atoms with Crippen molar-refractivity contribution < 1.29 is 14.4 Å². The highest BCUT2D eigenvalue weighted by atomic mass is 35.5. The number of pyridine rings is 1. The van der Waals surface area contributed by atoms with Crippen LogP contribution in [0.4, 0.5) is 0 Å². The lowest BCUT2D eigenvalue weighted by atomic mass is 10.1. The van der Waals surface area contributed by atoms with E-state index >= 15 is 0 Å². The van der Waals surface area contributed by atoms with Gasteiger partial charge in [-0.05, 0) is 24.3 Å². The molecule has 3 rings (SSSR count). The van der Waals surface area contributed by atoms with Crippen molar-refractivity contribution in [3.63, 3.8) is 0 Å². The van der Waals surface area contributed by atoms with Crippen LogP contribution in [0, 0.1) is 0 Å². The Balaban J connectivity index is 1.58. The first kappa shape index (κ1) is 16.1. The normalized spacial score (nSPS) is 13.1. The van der Waals surface area contributed by atoms with Crippen molar-refractivity contribution in [1.29, 1.82) is 0 Å². The van der Waals surface area contributed by atoms with Gasteiger partial charge in [-0.1, -0.05) is 23.7 Å². The molecule has 0 saturated heterocycles. The summed E-state index contributed by atoms with van der Waals surface area (Å²) < 4.78 is 0. The number of rotatable bonds is 5. The summed E-state index contributed by atoms with van der Waals surface area (Å²) in [7, 11) is 0. The second-order valence-corrected chi connectivity index (χ2v) is 5.68. The number of benzene rings is 1. The molecule has 6 nitrogen and oxygen atoms in total. The average Bonchev–Trinajstić information content (AvgIpc) is 2.84. The number of nitrogens with one attached hydrogen (secondary N) is 1. The summed E-state index contributed by atoms with van der Waals surface area (Å²) in [5.41, 5.74) is 1.22. The van der Waals surface area contributed by atoms with Gasteiger partial charge in [0.25, 0.3) is 11.8 Å². The minimum atomic E-state index is -0.460. The van der Waals surface area contributed by atoms with E-state index in [1.165, 1.54) is 0 Å². The Morgan fingerprint density at radius 2 is 1.96 bits per heavy atom. The van der Waals surface area contributed by atoms with E-state index in [1.807, 2.05) is 6.07 Å². The molecule has 1 aliphatic heterocycles. The quantitative estimate of drug-likeness (QED) is 0.842. The van der Waals surface area contributed by atoms with Gasteiger partial charge in [0, 0.05) is 19.2 Å². The molecular formula is C17H14ClN3O3. The molecular weight excluding hydrogens is 330 g/mol. The first-order valence-electron chi connectivity index (χ1n) is 7.39. The van der Waals surface area contributed by atoms with Crippen molar-refractivity contribution in [2.45, 2.75) is 13.0 Å². The topological polar surface area (TPSA) is 79.4 Å². The zero-order valence-corrected chi connectivity index (χ0v) is 13.4. The Bertz CT molecular complexity index is 808. The predicted molar refractivity (Wildman–Crippen MR) is 87.5 cm³/mol. The van der Waals surface area contributed by atoms with E-state index < -0.39 is 11.8 Å². The molecule has 2 heterocycles. The fourth-order valence-corrected chi connectivity index (χ4v) is 2.74. The zero-order valence-electron chi connectivity index (χ0n) is 12.7. The molecule has 7 heteroatoms. The molecule has 2 aromatic rings. The Kier molecular flexibility index (Phi) is 4.57. The first-order chi connectivity index (χ1) is 11.6. The van der Waals surface area contributed by atoms with Crippen LogP contribution in [0.3, 0.4) is 0 Å². The standard InChI is InChI=1S/C17H14ClN3O3/c18-13-6-3-5-12-15(13)17(24)21(16(12)23)9-7-14(22)20-10-11-4-1-2-8-19-11/h1-6,8H,7,9-10H2,(H,20,22). The third-order valence-electron chi connectivity index (χ3n) is 3.70. The van der Waals surface area contributed by atoms with Crippen molar-refractivity contribution in [3.05, 3.63) is 64.4 Å². The minimum absolute atomic E-state index is 0.0106. The molecule has 0 unspecified atom stereocenters. The van der Waals surface area contributed by atoms with E-state index in [2.05, 4.69) is 10.3 Å². The van der Waals surface area contributed by atoms with Crippen LogP contribution in [0.2, 0.25) is 5.02 Å². The second-order valence-electron chi connectivity index (χ2n) is 5.27. The number of halogens is 1. The second kappa shape index (κ2) is 6.80. The number of hydrogen-bond donors (Lipinski definition) is 1. The van der Waals surface area contributed by atoms with Gasteiger partial charge >= 0.3 is 0 Å². The maximum absolute atomic E-state index is 12.3. The van der Waals surface area contributed by atoms with Crippen LogP contribution in [-0.4, -0.2) is 34.2 Å². The summed E-state index contributed by atoms with van der Waals surface area (Å²) in [6, 6.07) is 10.2. The number of hydrogen-bond acceptors (Lipinski definition) is 4. The fraction of sp³-hybridized carbons (Fsp3) is 0.176. The number of imide groups is 1. The lowest BCUT2D eigenvalue weighted by Gasteiger charge is -2.13. The van der Waals surface area contributed by atoms with Crippen molar-refractivity contribution in [1.82, 2.24) is 15.2 Å². The van der Waals surface area contributed by atoms with E-state index in [0.717, 1.165) is 10.6 Å². The molecule has 3 amide bonds. The Morgan fingerprint density at radius 3 is 2.67 bits per heavy atom. The van der Waals surface area contributed by atoms with E-state index in [9.17, 15) is 14.4 Å². The SMILES string of the molecule is O=C(CCN1C(=O)c2cccc(Cl)c2C1=O)NCc1ccccn1. The van der Waals surface area contributed by atoms with Crippen molar-refractivity contribution in [3.8, 4) is 0 Å². The first-order valence-corrected chi connectivity index (χ1v) is 7.77. The van der Waals surface area contributed by atoms with Gasteiger partial charge in [0.15, 0.2) is 0 Å². The third-order valence-corrected chi connectivity index (χ3v) is 4.02. The van der Waals surface area contributed by atoms with Gasteiger partial charge in [0.05, 0.1) is 28.4 Å². The van der Waals surface area contributed by atoms with Gasteiger partial charge in [0.1, 0.15) is 0 Å². The molecule has 1 aromatic carbocycles. The smallest absolute Gasteiger partial charge is 0.263 e. The Labute approximate surface area is 143 Å². The van der Waals surface area contributed by atoms with Crippen LogP contribution in [0.1, 0.15) is 32.8 Å². The Hall–Kier alpha value is -2.73. The van der Waals surface area contributed by atoms with E-state index in [4.69, 9.17) is 11.6 Å². The van der Waals surface area contributed by atoms with E-state index in [-0.39, 0.29) is 35.0 Å².